The highest BCUT2D eigenvalue weighted by Crippen LogP contribution is 2.29. The summed E-state index contributed by atoms with van der Waals surface area (Å²) in [4.78, 5) is 24.2. The molecule has 1 saturated heterocycles. The number of carbonyl (C=O) groups excluding carboxylic acids is 1. The van der Waals surface area contributed by atoms with Gasteiger partial charge in [0, 0.05) is 13.1 Å². The Kier molecular flexibility index (Phi) is 4.95. The molecule has 6 nitrogen and oxygen atoms in total. The van der Waals surface area contributed by atoms with E-state index in [1.54, 1.807) is 4.90 Å². The average molecular weight is 258 g/mol. The Morgan fingerprint density at radius 2 is 2.00 bits per heavy atom. The molecule has 0 aromatic heterocycles. The number of aliphatic carboxylic acids is 1. The van der Waals surface area contributed by atoms with Crippen LogP contribution in [-0.2, 0) is 4.79 Å². The summed E-state index contributed by atoms with van der Waals surface area (Å²) >= 11 is 0. The summed E-state index contributed by atoms with van der Waals surface area (Å²) in [6, 6.07) is -1.64. The van der Waals surface area contributed by atoms with Gasteiger partial charge in [0.1, 0.15) is 0 Å². The van der Waals surface area contributed by atoms with E-state index < -0.39 is 24.6 Å². The first-order valence-corrected chi connectivity index (χ1v) is 6.25. The monoisotopic (exact) mass is 258 g/mol. The van der Waals surface area contributed by atoms with Crippen molar-refractivity contribution in [3.05, 3.63) is 0 Å². The molecule has 2 amide bonds. The normalized spacial score (nSPS) is 20.9. The van der Waals surface area contributed by atoms with E-state index in [2.05, 4.69) is 19.2 Å². The van der Waals surface area contributed by atoms with Crippen molar-refractivity contribution in [1.29, 1.82) is 0 Å². The van der Waals surface area contributed by atoms with Gasteiger partial charge in [0.2, 0.25) is 0 Å². The third-order valence-electron chi connectivity index (χ3n) is 3.41. The lowest BCUT2D eigenvalue weighted by Crippen LogP contribution is -2.49. The molecule has 0 aromatic rings. The number of nitrogens with zero attached hydrogens (tertiary/aromatic N) is 1. The molecular formula is C12H22N2O4. The fourth-order valence-electron chi connectivity index (χ4n) is 2.05. The zero-order valence-electron chi connectivity index (χ0n) is 11.0. The molecule has 0 bridgehead atoms. The zero-order valence-corrected chi connectivity index (χ0v) is 11.0. The molecule has 1 rings (SSSR count). The van der Waals surface area contributed by atoms with Gasteiger partial charge >= 0.3 is 12.0 Å². The van der Waals surface area contributed by atoms with Crippen LogP contribution in [0.3, 0.4) is 0 Å². The SMILES string of the molecule is CC1(C)CCCN(C(=O)N[C@@H](CO)C(=O)O)CC1. The number of likely N-dealkylation sites (tertiary alicyclic amines) is 1. The van der Waals surface area contributed by atoms with Crippen LogP contribution in [0.15, 0.2) is 0 Å². The maximum atomic E-state index is 11.9. The van der Waals surface area contributed by atoms with Gasteiger partial charge in [-0.05, 0) is 24.7 Å². The second-order valence-electron chi connectivity index (χ2n) is 5.53. The first-order valence-electron chi connectivity index (χ1n) is 6.25. The fourth-order valence-corrected chi connectivity index (χ4v) is 2.05. The molecule has 1 heterocycles. The average Bonchev–Trinajstić information content (AvgIpc) is 2.46. The Morgan fingerprint density at radius 1 is 1.33 bits per heavy atom. The van der Waals surface area contributed by atoms with Crippen LogP contribution in [0, 0.1) is 5.41 Å². The highest BCUT2D eigenvalue weighted by molar-refractivity contribution is 5.82. The molecule has 0 radical (unpaired) electrons. The summed E-state index contributed by atoms with van der Waals surface area (Å²) in [5.41, 5.74) is 0.220. The summed E-state index contributed by atoms with van der Waals surface area (Å²) in [6.07, 6.45) is 2.87. The van der Waals surface area contributed by atoms with E-state index in [1.807, 2.05) is 0 Å². The molecular weight excluding hydrogens is 236 g/mol. The number of hydrogen-bond acceptors (Lipinski definition) is 3. The van der Waals surface area contributed by atoms with E-state index >= 15 is 0 Å². The van der Waals surface area contributed by atoms with Gasteiger partial charge < -0.3 is 20.4 Å². The predicted octanol–water partition coefficient (Wildman–Crippen LogP) is 0.654. The van der Waals surface area contributed by atoms with Gasteiger partial charge in [0.05, 0.1) is 6.61 Å². The van der Waals surface area contributed by atoms with Crippen molar-refractivity contribution in [3.63, 3.8) is 0 Å². The van der Waals surface area contributed by atoms with E-state index in [0.29, 0.717) is 13.1 Å². The van der Waals surface area contributed by atoms with Gasteiger partial charge in [-0.2, -0.15) is 0 Å². The van der Waals surface area contributed by atoms with Gasteiger partial charge in [-0.1, -0.05) is 13.8 Å². The minimum absolute atomic E-state index is 0.220. The Bertz CT molecular complexity index is 317. The summed E-state index contributed by atoms with van der Waals surface area (Å²) in [6.45, 7) is 4.99. The summed E-state index contributed by atoms with van der Waals surface area (Å²) in [7, 11) is 0. The lowest BCUT2D eigenvalue weighted by atomic mass is 9.85. The van der Waals surface area contributed by atoms with Crippen LogP contribution in [0.25, 0.3) is 0 Å². The van der Waals surface area contributed by atoms with Crippen LogP contribution in [0.5, 0.6) is 0 Å². The number of amides is 2. The number of carboxylic acid groups (broad SMARTS) is 1. The zero-order chi connectivity index (χ0) is 13.8. The summed E-state index contributed by atoms with van der Waals surface area (Å²) < 4.78 is 0. The van der Waals surface area contributed by atoms with Crippen molar-refractivity contribution in [2.24, 2.45) is 5.41 Å². The van der Waals surface area contributed by atoms with Crippen molar-refractivity contribution in [3.8, 4) is 0 Å². The van der Waals surface area contributed by atoms with Crippen molar-refractivity contribution in [2.45, 2.75) is 39.2 Å². The maximum absolute atomic E-state index is 11.9. The minimum Gasteiger partial charge on any atom is -0.480 e. The van der Waals surface area contributed by atoms with Crippen LogP contribution < -0.4 is 5.32 Å². The van der Waals surface area contributed by atoms with Gasteiger partial charge in [-0.25, -0.2) is 9.59 Å². The molecule has 1 fully saturated rings. The Balaban J connectivity index is 2.54. The topological polar surface area (TPSA) is 89.9 Å². The number of aliphatic hydroxyl groups excluding tert-OH is 1. The van der Waals surface area contributed by atoms with Crippen LogP contribution in [0.1, 0.15) is 33.1 Å². The lowest BCUT2D eigenvalue weighted by Gasteiger charge is -2.24. The molecule has 0 unspecified atom stereocenters. The first kappa shape index (κ1) is 14.8. The van der Waals surface area contributed by atoms with Crippen LogP contribution >= 0.6 is 0 Å². The molecule has 3 N–H and O–H groups in total. The first-order chi connectivity index (χ1) is 8.35. The Morgan fingerprint density at radius 3 is 2.56 bits per heavy atom. The molecule has 6 heteroatoms. The molecule has 0 saturated carbocycles. The molecule has 104 valence electrons. The van der Waals surface area contributed by atoms with Crippen LogP contribution in [-0.4, -0.2) is 52.9 Å². The van der Waals surface area contributed by atoms with Gasteiger partial charge in [-0.3, -0.25) is 0 Å². The fraction of sp³-hybridized carbons (Fsp3) is 0.833. The van der Waals surface area contributed by atoms with Crippen molar-refractivity contribution >= 4 is 12.0 Å². The summed E-state index contributed by atoms with van der Waals surface area (Å²) in [5.74, 6) is -1.22. The molecule has 0 spiro atoms. The van der Waals surface area contributed by atoms with E-state index in [-0.39, 0.29) is 5.41 Å². The molecule has 0 aliphatic carbocycles. The van der Waals surface area contributed by atoms with Crippen LogP contribution in [0.4, 0.5) is 4.79 Å². The number of carbonyl (C=O) groups is 2. The van der Waals surface area contributed by atoms with Crippen LogP contribution in [0.2, 0.25) is 0 Å². The number of rotatable bonds is 3. The Labute approximate surface area is 107 Å². The smallest absolute Gasteiger partial charge is 0.328 e. The van der Waals surface area contributed by atoms with Gasteiger partial charge in [-0.15, -0.1) is 0 Å². The Hall–Kier alpha value is -1.30. The molecule has 1 atom stereocenters. The second kappa shape index (κ2) is 6.04. The lowest BCUT2D eigenvalue weighted by molar-refractivity contribution is -0.140. The molecule has 1 aliphatic rings. The minimum atomic E-state index is -1.23. The predicted molar refractivity (Wildman–Crippen MR) is 66.2 cm³/mol. The standard InChI is InChI=1S/C12H22N2O4/c1-12(2)4-3-6-14(7-5-12)11(18)13-9(8-15)10(16)17/h9,15H,3-8H2,1-2H3,(H,13,18)(H,16,17)/t9-/m0/s1. The molecule has 0 aromatic carbocycles. The van der Waals surface area contributed by atoms with Crippen molar-refractivity contribution < 1.29 is 19.8 Å². The number of carboxylic acids is 1. The highest BCUT2D eigenvalue weighted by atomic mass is 16.4. The van der Waals surface area contributed by atoms with E-state index in [1.165, 1.54) is 0 Å². The third-order valence-corrected chi connectivity index (χ3v) is 3.41. The van der Waals surface area contributed by atoms with E-state index in [4.69, 9.17) is 10.2 Å². The van der Waals surface area contributed by atoms with E-state index in [9.17, 15) is 9.59 Å². The largest absolute Gasteiger partial charge is 0.480 e. The number of hydrogen-bond donors (Lipinski definition) is 3. The summed E-state index contributed by atoms with van der Waals surface area (Å²) in [5, 5.41) is 20.0. The van der Waals surface area contributed by atoms with E-state index in [0.717, 1.165) is 19.3 Å². The highest BCUT2D eigenvalue weighted by Gasteiger charge is 2.27. The van der Waals surface area contributed by atoms with Crippen molar-refractivity contribution in [1.82, 2.24) is 10.2 Å². The maximum Gasteiger partial charge on any atom is 0.328 e. The second-order valence-corrected chi connectivity index (χ2v) is 5.53. The van der Waals surface area contributed by atoms with Crippen molar-refractivity contribution in [2.75, 3.05) is 19.7 Å². The number of urea groups is 1. The third kappa shape index (κ3) is 4.18. The molecule has 18 heavy (non-hydrogen) atoms. The number of aliphatic hydroxyl groups is 1. The van der Waals surface area contributed by atoms with Gasteiger partial charge in [0.15, 0.2) is 6.04 Å². The number of nitrogens with one attached hydrogen (secondary N) is 1. The molecule has 1 aliphatic heterocycles. The quantitative estimate of drug-likeness (QED) is 0.693. The van der Waals surface area contributed by atoms with Gasteiger partial charge in [0.25, 0.3) is 0 Å².